The van der Waals surface area contributed by atoms with Crippen molar-refractivity contribution in [1.82, 2.24) is 20.9 Å². The molecule has 15 nitrogen and oxygen atoms in total. The van der Waals surface area contributed by atoms with Gasteiger partial charge in [-0.15, -0.1) is 0 Å². The molecule has 1 heterocycles. The number of benzene rings is 1. The molecule has 1 aliphatic heterocycles. The Morgan fingerprint density at radius 3 is 2.47 bits per heavy atom. The quantitative estimate of drug-likeness (QED) is 0.0623. The number of ketones is 1. The van der Waals surface area contributed by atoms with Gasteiger partial charge in [-0.25, -0.2) is 0 Å². The molecule has 1 aliphatic rings. The molecule has 3 N–H and O–H groups in total. The number of amides is 3. The number of nitrogens with one attached hydrogen (secondary N) is 3. The van der Waals surface area contributed by atoms with Crippen LogP contribution in [0.5, 0.6) is 0 Å². The summed E-state index contributed by atoms with van der Waals surface area (Å²) in [6, 6.07) is 7.75. The lowest BCUT2D eigenvalue weighted by Crippen LogP contribution is -2.45. The van der Waals surface area contributed by atoms with Crippen LogP contribution < -0.4 is 16.0 Å². The molecule has 43 heavy (non-hydrogen) atoms. The smallest absolute Gasteiger partial charge is 0.308 e. The Balaban J connectivity index is 1.97. The first kappa shape index (κ1) is 35.2. The molecule has 2 atom stereocenters. The number of nitrogens with zero attached hydrogens (tertiary/aromatic N) is 4. The molecular formula is C28H41N7O8. The molecule has 1 saturated heterocycles. The SMILES string of the molecule is CC(=O)N[C@@H](CC(=O)OCc1ccccc1)C(=O)C[C@@H](CC(=O)NCCN1CCOCC1)C(=O)NCCOCCN=[N+]=[N-]. The van der Waals surface area contributed by atoms with Crippen molar-refractivity contribution >= 4 is 29.5 Å². The van der Waals surface area contributed by atoms with Gasteiger partial charge in [-0.1, -0.05) is 35.4 Å². The summed E-state index contributed by atoms with van der Waals surface area (Å²) < 4.78 is 15.9. The van der Waals surface area contributed by atoms with Crippen LogP contribution in [-0.4, -0.2) is 106 Å². The van der Waals surface area contributed by atoms with E-state index in [0.29, 0.717) is 26.3 Å². The standard InChI is InChI=1S/C28H41N7O8/c1-21(36)33-24(19-27(39)43-20-22-5-3-2-4-6-22)25(37)17-23(28(40)31-8-13-41-14-9-32-34-29)18-26(38)30-7-10-35-11-15-42-16-12-35/h2-6,23-24H,7-20H2,1H3,(H,30,38)(H,31,40)(H,33,36)/t23-,24-/m0/s1. The number of Topliss-reactive ketones (excluding diaryl/α,β-unsaturated/α-hetero) is 1. The van der Waals surface area contributed by atoms with Crippen molar-refractivity contribution in [3.63, 3.8) is 0 Å². The molecular weight excluding hydrogens is 562 g/mol. The van der Waals surface area contributed by atoms with Crippen LogP contribution in [0.25, 0.3) is 10.4 Å². The number of azide groups is 1. The predicted molar refractivity (Wildman–Crippen MR) is 154 cm³/mol. The Labute approximate surface area is 250 Å². The Morgan fingerprint density at radius 1 is 1.02 bits per heavy atom. The molecule has 1 aromatic carbocycles. The second kappa shape index (κ2) is 20.8. The average molecular weight is 604 g/mol. The minimum Gasteiger partial charge on any atom is -0.461 e. The van der Waals surface area contributed by atoms with Gasteiger partial charge in [0.1, 0.15) is 6.61 Å². The normalized spacial score (nSPS) is 14.4. The molecule has 1 fully saturated rings. The predicted octanol–water partition coefficient (Wildman–Crippen LogP) is 0.482. The van der Waals surface area contributed by atoms with Crippen LogP contribution in [-0.2, 0) is 44.8 Å². The molecule has 0 spiro atoms. The fraction of sp³-hybridized carbons (Fsp3) is 0.607. The van der Waals surface area contributed by atoms with E-state index < -0.39 is 54.3 Å². The van der Waals surface area contributed by atoms with E-state index in [1.54, 1.807) is 24.3 Å². The van der Waals surface area contributed by atoms with Crippen molar-refractivity contribution in [3.05, 3.63) is 46.3 Å². The molecule has 236 valence electrons. The number of esters is 1. The third kappa shape index (κ3) is 15.7. The summed E-state index contributed by atoms with van der Waals surface area (Å²) in [6.45, 7) is 5.51. The lowest BCUT2D eigenvalue weighted by Gasteiger charge is -2.26. The van der Waals surface area contributed by atoms with Crippen LogP contribution in [0.15, 0.2) is 35.4 Å². The first-order chi connectivity index (χ1) is 20.8. The Morgan fingerprint density at radius 2 is 1.77 bits per heavy atom. The monoisotopic (exact) mass is 603 g/mol. The molecule has 0 bridgehead atoms. The summed E-state index contributed by atoms with van der Waals surface area (Å²) in [6.07, 6.45) is -1.09. The van der Waals surface area contributed by atoms with Crippen LogP contribution in [0.4, 0.5) is 0 Å². The van der Waals surface area contributed by atoms with Crippen molar-refractivity contribution in [1.29, 1.82) is 0 Å². The number of ether oxygens (including phenoxy) is 3. The van der Waals surface area contributed by atoms with Gasteiger partial charge in [0.2, 0.25) is 17.7 Å². The zero-order chi connectivity index (χ0) is 31.3. The number of carbonyl (C=O) groups is 5. The third-order valence-electron chi connectivity index (χ3n) is 6.43. The zero-order valence-corrected chi connectivity index (χ0v) is 24.5. The number of rotatable bonds is 20. The highest BCUT2D eigenvalue weighted by Gasteiger charge is 2.30. The van der Waals surface area contributed by atoms with Gasteiger partial charge >= 0.3 is 5.97 Å². The van der Waals surface area contributed by atoms with Gasteiger partial charge in [0.15, 0.2) is 5.78 Å². The van der Waals surface area contributed by atoms with Crippen LogP contribution in [0.2, 0.25) is 0 Å². The minimum absolute atomic E-state index is 0.00123. The van der Waals surface area contributed by atoms with Gasteiger partial charge < -0.3 is 30.2 Å². The first-order valence-corrected chi connectivity index (χ1v) is 14.2. The molecule has 0 unspecified atom stereocenters. The molecule has 3 amide bonds. The third-order valence-corrected chi connectivity index (χ3v) is 6.43. The average Bonchev–Trinajstić information content (AvgIpc) is 2.99. The molecule has 15 heteroatoms. The second-order valence-electron chi connectivity index (χ2n) is 9.84. The van der Waals surface area contributed by atoms with E-state index in [2.05, 4.69) is 30.9 Å². The van der Waals surface area contributed by atoms with Gasteiger partial charge in [0.05, 0.1) is 44.8 Å². The Kier molecular flexibility index (Phi) is 17.0. The Hall–Kier alpha value is -4.04. The maximum Gasteiger partial charge on any atom is 0.308 e. The fourth-order valence-electron chi connectivity index (χ4n) is 4.21. The largest absolute Gasteiger partial charge is 0.461 e. The number of morpholine rings is 1. The number of hydrogen-bond acceptors (Lipinski definition) is 10. The van der Waals surface area contributed by atoms with E-state index in [1.165, 1.54) is 6.92 Å². The van der Waals surface area contributed by atoms with Gasteiger partial charge in [-0.2, -0.15) is 0 Å². The van der Waals surface area contributed by atoms with Crippen molar-refractivity contribution in [2.24, 2.45) is 11.0 Å². The molecule has 0 aromatic heterocycles. The highest BCUT2D eigenvalue weighted by molar-refractivity contribution is 5.95. The van der Waals surface area contributed by atoms with Gasteiger partial charge in [0.25, 0.3) is 0 Å². The fourth-order valence-corrected chi connectivity index (χ4v) is 4.21. The van der Waals surface area contributed by atoms with E-state index >= 15 is 0 Å². The molecule has 0 saturated carbocycles. The first-order valence-electron chi connectivity index (χ1n) is 14.2. The molecule has 0 aliphatic carbocycles. The number of hydrogen-bond donors (Lipinski definition) is 3. The number of carbonyl (C=O) groups excluding carboxylic acids is 5. The maximum absolute atomic E-state index is 13.3. The van der Waals surface area contributed by atoms with Gasteiger partial charge in [0, 0.05) is 63.9 Å². The van der Waals surface area contributed by atoms with E-state index in [9.17, 15) is 24.0 Å². The zero-order valence-electron chi connectivity index (χ0n) is 24.5. The van der Waals surface area contributed by atoms with Crippen molar-refractivity contribution in [2.45, 2.75) is 38.8 Å². The lowest BCUT2D eigenvalue weighted by atomic mass is 9.93. The summed E-state index contributed by atoms with van der Waals surface area (Å²) in [5.41, 5.74) is 9.07. The van der Waals surface area contributed by atoms with E-state index in [1.807, 2.05) is 6.07 Å². The summed E-state index contributed by atoms with van der Waals surface area (Å²) in [5, 5.41) is 11.3. The summed E-state index contributed by atoms with van der Waals surface area (Å²) in [4.78, 5) is 68.1. The molecule has 2 rings (SSSR count). The second-order valence-corrected chi connectivity index (χ2v) is 9.84. The highest BCUT2D eigenvalue weighted by atomic mass is 16.5. The van der Waals surface area contributed by atoms with Gasteiger partial charge in [-0.3, -0.25) is 28.9 Å². The van der Waals surface area contributed by atoms with Crippen molar-refractivity contribution in [2.75, 3.05) is 65.7 Å². The van der Waals surface area contributed by atoms with Gasteiger partial charge in [-0.05, 0) is 11.1 Å². The van der Waals surface area contributed by atoms with E-state index in [-0.39, 0.29) is 39.3 Å². The topological polar surface area (TPSA) is 201 Å². The molecule has 0 radical (unpaired) electrons. The summed E-state index contributed by atoms with van der Waals surface area (Å²) in [7, 11) is 0. The van der Waals surface area contributed by atoms with E-state index in [4.69, 9.17) is 19.7 Å². The van der Waals surface area contributed by atoms with Crippen LogP contribution in [0.1, 0.15) is 31.7 Å². The van der Waals surface area contributed by atoms with Crippen molar-refractivity contribution < 1.29 is 38.2 Å². The minimum atomic E-state index is -1.23. The van der Waals surface area contributed by atoms with Crippen LogP contribution in [0.3, 0.4) is 0 Å². The van der Waals surface area contributed by atoms with Crippen LogP contribution in [0, 0.1) is 5.92 Å². The summed E-state index contributed by atoms with van der Waals surface area (Å²) >= 11 is 0. The maximum atomic E-state index is 13.3. The highest BCUT2D eigenvalue weighted by Crippen LogP contribution is 2.14. The van der Waals surface area contributed by atoms with Crippen molar-refractivity contribution in [3.8, 4) is 0 Å². The Bertz CT molecular complexity index is 1090. The lowest BCUT2D eigenvalue weighted by molar-refractivity contribution is -0.147. The van der Waals surface area contributed by atoms with Crippen LogP contribution >= 0.6 is 0 Å². The summed E-state index contributed by atoms with van der Waals surface area (Å²) in [5.74, 6) is -3.84. The van der Waals surface area contributed by atoms with E-state index in [0.717, 1.165) is 18.7 Å². The molecule has 1 aromatic rings.